The molecule has 0 aromatic rings. The Bertz CT molecular complexity index is 794. The number of rotatable bonds is 0. The molecule has 27 heavy (non-hydrogen) atoms. The zero-order chi connectivity index (χ0) is 19.7. The number of likely N-dealkylation sites (N-methyl/N-ethyl adjacent to an activating group) is 1. The standard InChI is InChI=1S/C21H31N3O3/c1-12-7-15(25)24-11-20-10-19(8-13(2)22(5)16(19)26)18(3,4)14(20)9-21(12,24)17(27)23(20)6/h12-14H,7-11H2,1-6H3/t12-,13?,14?,19-,20+,21+/m0/s1. The number of carbonyl (C=O) groups excluding carboxylic acids is 3. The molecule has 1 saturated carbocycles. The lowest BCUT2D eigenvalue weighted by molar-refractivity contribution is -0.192. The molecule has 6 nitrogen and oxygen atoms in total. The van der Waals surface area contributed by atoms with Crippen molar-refractivity contribution in [3.63, 3.8) is 0 Å². The van der Waals surface area contributed by atoms with Crippen LogP contribution in [0.1, 0.15) is 53.4 Å². The molecule has 2 unspecified atom stereocenters. The average molecular weight is 373 g/mol. The minimum Gasteiger partial charge on any atom is -0.343 e. The van der Waals surface area contributed by atoms with Crippen LogP contribution >= 0.6 is 0 Å². The Labute approximate surface area is 161 Å². The minimum absolute atomic E-state index is 0.0338. The van der Waals surface area contributed by atoms with Crippen molar-refractivity contribution in [2.45, 2.75) is 70.5 Å². The van der Waals surface area contributed by atoms with Gasteiger partial charge in [0.15, 0.2) is 0 Å². The maximum atomic E-state index is 13.5. The summed E-state index contributed by atoms with van der Waals surface area (Å²) in [5.41, 5.74) is -1.76. The van der Waals surface area contributed by atoms with Gasteiger partial charge in [0.1, 0.15) is 5.54 Å². The zero-order valence-corrected chi connectivity index (χ0v) is 17.3. The van der Waals surface area contributed by atoms with Crippen molar-refractivity contribution in [1.82, 2.24) is 14.7 Å². The van der Waals surface area contributed by atoms with E-state index in [0.717, 1.165) is 6.42 Å². The van der Waals surface area contributed by atoms with Gasteiger partial charge in [-0.3, -0.25) is 14.4 Å². The van der Waals surface area contributed by atoms with Crippen LogP contribution in [0.5, 0.6) is 0 Å². The number of piperidine rings is 2. The van der Waals surface area contributed by atoms with Gasteiger partial charge in [-0.2, -0.15) is 0 Å². The molecular formula is C21H31N3O3. The lowest BCUT2D eigenvalue weighted by atomic mass is 9.56. The number of hydrogen-bond acceptors (Lipinski definition) is 3. The van der Waals surface area contributed by atoms with Crippen LogP contribution in [0.25, 0.3) is 0 Å². The molecule has 2 bridgehead atoms. The molecule has 0 N–H and O–H groups in total. The summed E-state index contributed by atoms with van der Waals surface area (Å²) in [5.74, 6) is 0.711. The number of hydrogen-bond donors (Lipinski definition) is 0. The van der Waals surface area contributed by atoms with Crippen molar-refractivity contribution in [2.75, 3.05) is 20.6 Å². The molecule has 3 amide bonds. The Hall–Kier alpha value is -1.59. The van der Waals surface area contributed by atoms with E-state index in [-0.39, 0.29) is 41.0 Å². The number of piperazine rings is 1. The summed E-state index contributed by atoms with van der Waals surface area (Å²) in [6, 6.07) is 0.213. The molecule has 148 valence electrons. The summed E-state index contributed by atoms with van der Waals surface area (Å²) in [7, 11) is 3.83. The molecule has 6 aliphatic rings. The second-order valence-electron chi connectivity index (χ2n) is 10.7. The Morgan fingerprint density at radius 2 is 1.67 bits per heavy atom. The first kappa shape index (κ1) is 17.5. The quantitative estimate of drug-likeness (QED) is 0.646. The van der Waals surface area contributed by atoms with Gasteiger partial charge in [-0.1, -0.05) is 20.8 Å². The van der Waals surface area contributed by atoms with E-state index >= 15 is 0 Å². The molecule has 0 aromatic heterocycles. The van der Waals surface area contributed by atoms with E-state index in [9.17, 15) is 14.4 Å². The van der Waals surface area contributed by atoms with Gasteiger partial charge >= 0.3 is 0 Å². The molecule has 5 heterocycles. The largest absolute Gasteiger partial charge is 0.343 e. The first-order chi connectivity index (χ1) is 12.5. The molecule has 0 radical (unpaired) electrons. The minimum atomic E-state index is -0.694. The second kappa shape index (κ2) is 4.52. The fraction of sp³-hybridized carbons (Fsp3) is 0.857. The summed E-state index contributed by atoms with van der Waals surface area (Å²) >= 11 is 0. The predicted octanol–water partition coefficient (Wildman–Crippen LogP) is 1.49. The molecule has 3 spiro atoms. The van der Waals surface area contributed by atoms with Gasteiger partial charge in [-0.25, -0.2) is 0 Å². The molecule has 5 aliphatic heterocycles. The fourth-order valence-corrected chi connectivity index (χ4v) is 7.96. The van der Waals surface area contributed by atoms with E-state index in [0.29, 0.717) is 25.8 Å². The third-order valence-electron chi connectivity index (χ3n) is 9.76. The van der Waals surface area contributed by atoms with Crippen molar-refractivity contribution in [3.8, 4) is 0 Å². The van der Waals surface area contributed by atoms with Crippen LogP contribution in [0, 0.1) is 22.7 Å². The third kappa shape index (κ3) is 1.50. The van der Waals surface area contributed by atoms with Crippen molar-refractivity contribution in [3.05, 3.63) is 0 Å². The predicted molar refractivity (Wildman–Crippen MR) is 99.5 cm³/mol. The Morgan fingerprint density at radius 3 is 2.26 bits per heavy atom. The molecule has 6 rings (SSSR count). The maximum absolute atomic E-state index is 13.5. The van der Waals surface area contributed by atoms with E-state index < -0.39 is 16.5 Å². The van der Waals surface area contributed by atoms with Crippen LogP contribution in [0.15, 0.2) is 0 Å². The Balaban J connectivity index is 1.70. The van der Waals surface area contributed by atoms with Gasteiger partial charge in [-0.05, 0) is 43.4 Å². The molecular weight excluding hydrogens is 342 g/mol. The normalized spacial score (nSPS) is 50.2. The highest BCUT2D eigenvalue weighted by atomic mass is 16.2. The molecule has 6 heteroatoms. The Morgan fingerprint density at radius 1 is 1.00 bits per heavy atom. The molecule has 6 fully saturated rings. The topological polar surface area (TPSA) is 60.9 Å². The molecule has 1 aliphatic carbocycles. The van der Waals surface area contributed by atoms with Gasteiger partial charge in [0.2, 0.25) is 17.7 Å². The summed E-state index contributed by atoms with van der Waals surface area (Å²) in [6.45, 7) is 9.27. The number of amides is 3. The van der Waals surface area contributed by atoms with Crippen molar-refractivity contribution in [2.24, 2.45) is 22.7 Å². The van der Waals surface area contributed by atoms with Crippen molar-refractivity contribution in [1.29, 1.82) is 0 Å². The van der Waals surface area contributed by atoms with E-state index in [1.807, 2.05) is 28.8 Å². The van der Waals surface area contributed by atoms with E-state index in [1.165, 1.54) is 0 Å². The Kier molecular flexibility index (Phi) is 2.93. The fourth-order valence-electron chi connectivity index (χ4n) is 7.96. The van der Waals surface area contributed by atoms with Gasteiger partial charge in [-0.15, -0.1) is 0 Å². The number of nitrogens with zero attached hydrogens (tertiary/aromatic N) is 3. The van der Waals surface area contributed by atoms with Gasteiger partial charge < -0.3 is 14.7 Å². The number of fused-ring (bicyclic) bond motifs is 1. The van der Waals surface area contributed by atoms with Gasteiger partial charge in [0.25, 0.3) is 0 Å². The summed E-state index contributed by atoms with van der Waals surface area (Å²) < 4.78 is 0. The first-order valence-electron chi connectivity index (χ1n) is 10.3. The highest BCUT2D eigenvalue weighted by Gasteiger charge is 2.80. The second-order valence-corrected chi connectivity index (χ2v) is 10.7. The lowest BCUT2D eigenvalue weighted by Gasteiger charge is -2.64. The maximum Gasteiger partial charge on any atom is 0.249 e. The van der Waals surface area contributed by atoms with Crippen LogP contribution in [0.4, 0.5) is 0 Å². The number of carbonyl (C=O) groups is 3. The highest BCUT2D eigenvalue weighted by Crippen LogP contribution is 2.72. The first-order valence-corrected chi connectivity index (χ1v) is 10.3. The SMILES string of the molecule is CC1C[C@]2(C[C@@]34CN5C(=O)C[C@H](C)[C@]5(CC3C2(C)C)C(=O)N4C)C(=O)N1C. The average Bonchev–Trinajstić information content (AvgIpc) is 3.07. The van der Waals surface area contributed by atoms with E-state index in [1.54, 1.807) is 0 Å². The van der Waals surface area contributed by atoms with Crippen molar-refractivity contribution < 1.29 is 14.4 Å². The zero-order valence-electron chi connectivity index (χ0n) is 17.3. The van der Waals surface area contributed by atoms with E-state index in [4.69, 9.17) is 0 Å². The van der Waals surface area contributed by atoms with Gasteiger partial charge in [0, 0.05) is 33.1 Å². The molecule has 0 aromatic carbocycles. The smallest absolute Gasteiger partial charge is 0.249 e. The van der Waals surface area contributed by atoms with Crippen LogP contribution in [-0.4, -0.2) is 70.2 Å². The van der Waals surface area contributed by atoms with Crippen molar-refractivity contribution >= 4 is 17.7 Å². The molecule has 5 saturated heterocycles. The third-order valence-corrected chi connectivity index (χ3v) is 9.76. The molecule has 6 atom stereocenters. The number of likely N-dealkylation sites (tertiary alicyclic amines) is 1. The van der Waals surface area contributed by atoms with Crippen LogP contribution < -0.4 is 0 Å². The van der Waals surface area contributed by atoms with Crippen LogP contribution in [0.2, 0.25) is 0 Å². The van der Waals surface area contributed by atoms with Gasteiger partial charge in [0.05, 0.1) is 11.0 Å². The van der Waals surface area contributed by atoms with Crippen LogP contribution in [0.3, 0.4) is 0 Å². The monoisotopic (exact) mass is 373 g/mol. The summed E-state index contributed by atoms with van der Waals surface area (Å²) in [4.78, 5) is 45.5. The van der Waals surface area contributed by atoms with E-state index in [2.05, 4.69) is 27.7 Å². The summed E-state index contributed by atoms with van der Waals surface area (Å²) in [6.07, 6.45) is 2.70. The lowest BCUT2D eigenvalue weighted by Crippen LogP contribution is -2.80. The van der Waals surface area contributed by atoms with Crippen LogP contribution in [-0.2, 0) is 14.4 Å². The summed E-state index contributed by atoms with van der Waals surface area (Å²) in [5, 5.41) is 0. The highest BCUT2D eigenvalue weighted by molar-refractivity contribution is 5.98.